The van der Waals surface area contributed by atoms with Crippen LogP contribution in [-0.4, -0.2) is 40.7 Å². The summed E-state index contributed by atoms with van der Waals surface area (Å²) in [5.41, 5.74) is 2.96. The minimum Gasteiger partial charge on any atom is -0.468 e. The van der Waals surface area contributed by atoms with Gasteiger partial charge in [0.2, 0.25) is 5.91 Å². The number of aromatic nitrogens is 2. The van der Waals surface area contributed by atoms with Gasteiger partial charge in [-0.05, 0) is 31.5 Å². The van der Waals surface area contributed by atoms with Crippen molar-refractivity contribution < 1.29 is 14.3 Å². The monoisotopic (exact) mass is 307 g/mol. The van der Waals surface area contributed by atoms with Crippen molar-refractivity contribution in [3.8, 4) is 0 Å². The maximum Gasteiger partial charge on any atom is 0.325 e. The molecule has 0 aliphatic rings. The lowest BCUT2D eigenvalue weighted by molar-refractivity contribution is -0.141. The number of aryl methyl sites for hydroxylation is 1. The smallest absolute Gasteiger partial charge is 0.325 e. The predicted molar refractivity (Wildman–Crippen MR) is 81.2 cm³/mol. The Morgan fingerprint density at radius 3 is 2.95 bits per heavy atom. The first-order chi connectivity index (χ1) is 9.99. The van der Waals surface area contributed by atoms with Crippen molar-refractivity contribution in [2.75, 3.05) is 13.7 Å². The number of rotatable bonds is 5. The average molecular weight is 307 g/mol. The number of esters is 1. The number of thioether (sulfide) groups is 1. The van der Waals surface area contributed by atoms with Crippen LogP contribution in [0.15, 0.2) is 23.4 Å². The van der Waals surface area contributed by atoms with Crippen LogP contribution in [0.1, 0.15) is 12.5 Å². The highest BCUT2D eigenvalue weighted by Gasteiger charge is 2.17. The van der Waals surface area contributed by atoms with Crippen molar-refractivity contribution in [2.45, 2.75) is 24.3 Å². The maximum absolute atomic E-state index is 11.9. The van der Waals surface area contributed by atoms with Crippen molar-refractivity contribution in [3.63, 3.8) is 0 Å². The summed E-state index contributed by atoms with van der Waals surface area (Å²) in [6.45, 7) is 3.64. The number of imidazole rings is 1. The largest absolute Gasteiger partial charge is 0.468 e. The molecule has 0 spiro atoms. The molecule has 2 rings (SSSR count). The standard InChI is InChI=1S/C14H17N3O3S/c1-8-4-5-10-11(6-8)17-14(16-10)21-9(2)13(19)15-7-12(18)20-3/h4-6,9H,7H2,1-3H3,(H,15,19)(H,16,17)/t9-/m0/s1. The van der Waals surface area contributed by atoms with Crippen LogP contribution in [0.4, 0.5) is 0 Å². The lowest BCUT2D eigenvalue weighted by Gasteiger charge is -2.09. The van der Waals surface area contributed by atoms with E-state index >= 15 is 0 Å². The second-order valence-electron chi connectivity index (χ2n) is 4.62. The van der Waals surface area contributed by atoms with Gasteiger partial charge in [-0.25, -0.2) is 4.98 Å². The van der Waals surface area contributed by atoms with Crippen LogP contribution in [-0.2, 0) is 14.3 Å². The Bertz CT molecular complexity index is 669. The van der Waals surface area contributed by atoms with Gasteiger partial charge in [-0.15, -0.1) is 0 Å². The van der Waals surface area contributed by atoms with Gasteiger partial charge in [-0.3, -0.25) is 9.59 Å². The highest BCUT2D eigenvalue weighted by Crippen LogP contribution is 2.23. The highest BCUT2D eigenvalue weighted by atomic mass is 32.2. The third kappa shape index (κ3) is 3.98. The van der Waals surface area contributed by atoms with Gasteiger partial charge in [0.15, 0.2) is 5.16 Å². The molecule has 0 bridgehead atoms. The Morgan fingerprint density at radius 1 is 1.48 bits per heavy atom. The Kier molecular flexibility index (Phi) is 4.85. The lowest BCUT2D eigenvalue weighted by Crippen LogP contribution is -2.35. The summed E-state index contributed by atoms with van der Waals surface area (Å²) in [6.07, 6.45) is 0. The Hall–Kier alpha value is -2.02. The lowest BCUT2D eigenvalue weighted by atomic mass is 10.2. The number of amides is 1. The van der Waals surface area contributed by atoms with E-state index in [1.165, 1.54) is 18.9 Å². The molecule has 0 radical (unpaired) electrons. The molecule has 0 unspecified atom stereocenters. The third-order valence-electron chi connectivity index (χ3n) is 2.91. The number of hydrogen-bond acceptors (Lipinski definition) is 5. The molecule has 2 N–H and O–H groups in total. The minimum atomic E-state index is -0.472. The van der Waals surface area contributed by atoms with Gasteiger partial charge in [0.05, 0.1) is 23.4 Å². The zero-order valence-corrected chi connectivity index (χ0v) is 12.9. The molecule has 1 amide bonds. The SMILES string of the molecule is COC(=O)CNC(=O)[C@H](C)Sc1nc2ccc(C)cc2[nH]1. The fourth-order valence-corrected chi connectivity index (χ4v) is 2.60. The normalized spacial score (nSPS) is 12.1. The minimum absolute atomic E-state index is 0.125. The van der Waals surface area contributed by atoms with Crippen LogP contribution < -0.4 is 5.32 Å². The summed E-state index contributed by atoms with van der Waals surface area (Å²) in [7, 11) is 1.28. The fraction of sp³-hybridized carbons (Fsp3) is 0.357. The van der Waals surface area contributed by atoms with Gasteiger partial charge in [0.25, 0.3) is 0 Å². The second kappa shape index (κ2) is 6.62. The van der Waals surface area contributed by atoms with E-state index in [0.717, 1.165) is 16.6 Å². The molecule has 0 fully saturated rings. The molecule has 6 nitrogen and oxygen atoms in total. The topological polar surface area (TPSA) is 84.1 Å². The van der Waals surface area contributed by atoms with E-state index in [1.54, 1.807) is 6.92 Å². The van der Waals surface area contributed by atoms with Gasteiger partial charge in [0.1, 0.15) is 6.54 Å². The summed E-state index contributed by atoms with van der Waals surface area (Å²) in [6, 6.07) is 5.94. The Morgan fingerprint density at radius 2 is 2.24 bits per heavy atom. The van der Waals surface area contributed by atoms with Crippen LogP contribution >= 0.6 is 11.8 Å². The fourth-order valence-electron chi connectivity index (χ4n) is 1.75. The van der Waals surface area contributed by atoms with Crippen LogP contribution in [0.2, 0.25) is 0 Å². The predicted octanol–water partition coefficient (Wildman–Crippen LogP) is 1.64. The summed E-state index contributed by atoms with van der Waals surface area (Å²) in [5.74, 6) is -0.707. The van der Waals surface area contributed by atoms with E-state index in [0.29, 0.717) is 5.16 Å². The number of nitrogens with zero attached hydrogens (tertiary/aromatic N) is 1. The first-order valence-electron chi connectivity index (χ1n) is 6.47. The number of methoxy groups -OCH3 is 1. The van der Waals surface area contributed by atoms with Crippen LogP contribution in [0.3, 0.4) is 0 Å². The van der Waals surface area contributed by atoms with E-state index < -0.39 is 5.97 Å². The zero-order valence-electron chi connectivity index (χ0n) is 12.1. The molecule has 1 aromatic carbocycles. The molecule has 1 atom stereocenters. The molecule has 112 valence electrons. The summed E-state index contributed by atoms with van der Waals surface area (Å²) in [4.78, 5) is 30.4. The summed E-state index contributed by atoms with van der Waals surface area (Å²) in [5, 5.41) is 2.83. The molecule has 0 saturated carbocycles. The van der Waals surface area contributed by atoms with E-state index in [4.69, 9.17) is 0 Å². The molecule has 2 aromatic rings. The van der Waals surface area contributed by atoms with Gasteiger partial charge in [-0.1, -0.05) is 17.8 Å². The second-order valence-corrected chi connectivity index (χ2v) is 5.95. The van der Waals surface area contributed by atoms with Crippen LogP contribution in [0.25, 0.3) is 11.0 Å². The number of ether oxygens (including phenoxy) is 1. The summed E-state index contributed by atoms with van der Waals surface area (Å²) < 4.78 is 4.47. The van der Waals surface area contributed by atoms with Gasteiger partial charge in [-0.2, -0.15) is 0 Å². The molecule has 21 heavy (non-hydrogen) atoms. The molecular weight excluding hydrogens is 290 g/mol. The number of fused-ring (bicyclic) bond motifs is 1. The first kappa shape index (κ1) is 15.4. The van der Waals surface area contributed by atoms with E-state index in [-0.39, 0.29) is 17.7 Å². The van der Waals surface area contributed by atoms with Crippen molar-refractivity contribution >= 4 is 34.7 Å². The van der Waals surface area contributed by atoms with Crippen molar-refractivity contribution in [1.29, 1.82) is 0 Å². The average Bonchev–Trinajstić information content (AvgIpc) is 2.85. The maximum atomic E-state index is 11.9. The molecular formula is C14H17N3O3S. The van der Waals surface area contributed by atoms with Gasteiger partial charge >= 0.3 is 5.97 Å². The molecule has 1 aromatic heterocycles. The molecule has 0 saturated heterocycles. The van der Waals surface area contributed by atoms with Crippen LogP contribution in [0.5, 0.6) is 0 Å². The van der Waals surface area contributed by atoms with Gasteiger partial charge < -0.3 is 15.0 Å². The Balaban J connectivity index is 1.98. The quantitative estimate of drug-likeness (QED) is 0.648. The number of benzene rings is 1. The van der Waals surface area contributed by atoms with Crippen LogP contribution in [0, 0.1) is 6.92 Å². The molecule has 0 aliphatic heterocycles. The third-order valence-corrected chi connectivity index (χ3v) is 3.89. The summed E-state index contributed by atoms with van der Waals surface area (Å²) >= 11 is 1.31. The Labute approximate surface area is 126 Å². The van der Waals surface area contributed by atoms with Gasteiger partial charge in [0, 0.05) is 0 Å². The molecule has 7 heteroatoms. The number of aromatic amines is 1. The first-order valence-corrected chi connectivity index (χ1v) is 7.35. The number of carbonyl (C=O) groups excluding carboxylic acids is 2. The number of hydrogen-bond donors (Lipinski definition) is 2. The zero-order chi connectivity index (χ0) is 15.4. The number of H-pyrrole nitrogens is 1. The molecule has 0 aliphatic carbocycles. The van der Waals surface area contributed by atoms with E-state index in [1.807, 2.05) is 25.1 Å². The van der Waals surface area contributed by atoms with E-state index in [9.17, 15) is 9.59 Å². The number of carbonyl (C=O) groups is 2. The molecule has 1 heterocycles. The highest BCUT2D eigenvalue weighted by molar-refractivity contribution is 8.00. The van der Waals surface area contributed by atoms with E-state index in [2.05, 4.69) is 20.0 Å². The number of nitrogens with one attached hydrogen (secondary N) is 2. The van der Waals surface area contributed by atoms with Crippen molar-refractivity contribution in [2.24, 2.45) is 0 Å². The van der Waals surface area contributed by atoms with Crippen molar-refractivity contribution in [3.05, 3.63) is 23.8 Å². The van der Waals surface area contributed by atoms with Crippen molar-refractivity contribution in [1.82, 2.24) is 15.3 Å².